The third-order valence-corrected chi connectivity index (χ3v) is 12.2. The Kier molecular flexibility index (Phi) is 5.21. The largest absolute Gasteiger partial charge is 0.309 e. The van der Waals surface area contributed by atoms with E-state index in [-0.39, 0.29) is 0 Å². The monoisotopic (exact) mass is 567 g/mol. The molecule has 0 bridgehead atoms. The first-order valence-electron chi connectivity index (χ1n) is 14.6. The number of benzene rings is 7. The lowest BCUT2D eigenvalue weighted by Gasteiger charge is -2.18. The number of hydrogen-bond acceptors (Lipinski definition) is 1. The van der Waals surface area contributed by atoms with Gasteiger partial charge in [0.15, 0.2) is 7.14 Å². The molecule has 0 saturated heterocycles. The van der Waals surface area contributed by atoms with Gasteiger partial charge in [-0.05, 0) is 40.1 Å². The van der Waals surface area contributed by atoms with Crippen LogP contribution in [-0.4, -0.2) is 4.57 Å². The van der Waals surface area contributed by atoms with Crippen LogP contribution in [0.1, 0.15) is 0 Å². The Morgan fingerprint density at radius 2 is 1.16 bits per heavy atom. The van der Waals surface area contributed by atoms with Crippen molar-refractivity contribution >= 4 is 55.6 Å². The van der Waals surface area contributed by atoms with Gasteiger partial charge in [0.05, 0.1) is 16.7 Å². The summed E-state index contributed by atoms with van der Waals surface area (Å²) in [6.07, 6.45) is 0. The van der Waals surface area contributed by atoms with E-state index in [0.29, 0.717) is 0 Å². The van der Waals surface area contributed by atoms with Gasteiger partial charge in [0.25, 0.3) is 0 Å². The Balaban J connectivity index is 1.50. The van der Waals surface area contributed by atoms with Crippen LogP contribution in [0.15, 0.2) is 158 Å². The van der Waals surface area contributed by atoms with Crippen molar-refractivity contribution in [2.75, 3.05) is 0 Å². The molecule has 1 aliphatic rings. The van der Waals surface area contributed by atoms with Crippen LogP contribution in [0.5, 0.6) is 0 Å². The molecule has 0 N–H and O–H groups in total. The number of nitrogens with zero attached hydrogens (tertiary/aromatic N) is 1. The third kappa shape index (κ3) is 3.33. The SMILES string of the molecule is O=P1(c2ccccc2)c2ccc3c4ccccc4n(-c4ccccc4-c4ccccc4)c3c2-c2ccc3ccccc3c21. The van der Waals surface area contributed by atoms with Crippen molar-refractivity contribution in [3.8, 4) is 27.9 Å². The van der Waals surface area contributed by atoms with Crippen molar-refractivity contribution in [1.82, 2.24) is 4.57 Å². The van der Waals surface area contributed by atoms with Crippen LogP contribution in [0.4, 0.5) is 0 Å². The fourth-order valence-corrected chi connectivity index (χ4v) is 10.4. The molecule has 0 saturated carbocycles. The van der Waals surface area contributed by atoms with Crippen molar-refractivity contribution in [3.63, 3.8) is 0 Å². The van der Waals surface area contributed by atoms with Crippen LogP contribution >= 0.6 is 7.14 Å². The Bertz CT molecular complexity index is 2420. The summed E-state index contributed by atoms with van der Waals surface area (Å²) in [7, 11) is -3.19. The van der Waals surface area contributed by atoms with Gasteiger partial charge in [-0.3, -0.25) is 0 Å². The first-order valence-corrected chi connectivity index (χ1v) is 16.4. The van der Waals surface area contributed by atoms with Crippen molar-refractivity contribution in [2.45, 2.75) is 0 Å². The van der Waals surface area contributed by atoms with E-state index in [9.17, 15) is 0 Å². The quantitative estimate of drug-likeness (QED) is 0.195. The third-order valence-electron chi connectivity index (χ3n) is 8.99. The van der Waals surface area contributed by atoms with Crippen molar-refractivity contribution in [1.29, 1.82) is 0 Å². The molecule has 1 atom stereocenters. The molecule has 1 unspecified atom stereocenters. The predicted molar refractivity (Wildman–Crippen MR) is 182 cm³/mol. The minimum Gasteiger partial charge on any atom is -0.309 e. The van der Waals surface area contributed by atoms with E-state index in [4.69, 9.17) is 0 Å². The molecule has 1 aromatic heterocycles. The topological polar surface area (TPSA) is 22.0 Å². The van der Waals surface area contributed by atoms with E-state index >= 15 is 4.57 Å². The van der Waals surface area contributed by atoms with E-state index in [1.807, 2.05) is 30.3 Å². The fraction of sp³-hybridized carbons (Fsp3) is 0. The zero-order valence-corrected chi connectivity index (χ0v) is 24.2. The lowest BCUT2D eigenvalue weighted by molar-refractivity contribution is 0.593. The van der Waals surface area contributed by atoms with E-state index in [1.165, 1.54) is 5.39 Å². The Morgan fingerprint density at radius 1 is 0.488 bits per heavy atom. The molecule has 0 aliphatic carbocycles. The second-order valence-electron chi connectivity index (χ2n) is 11.2. The molecule has 7 aromatic carbocycles. The second kappa shape index (κ2) is 9.16. The van der Waals surface area contributed by atoms with E-state index in [1.54, 1.807) is 0 Å². The molecule has 2 nitrogen and oxygen atoms in total. The lowest BCUT2D eigenvalue weighted by Crippen LogP contribution is -2.21. The highest BCUT2D eigenvalue weighted by Gasteiger charge is 2.43. The lowest BCUT2D eigenvalue weighted by atomic mass is 9.98. The Hall–Kier alpha value is -5.17. The number of fused-ring (bicyclic) bond motifs is 9. The molecule has 0 radical (unpaired) electrons. The van der Waals surface area contributed by atoms with Gasteiger partial charge >= 0.3 is 0 Å². The first-order chi connectivity index (χ1) is 21.2. The normalized spacial score (nSPS) is 15.6. The van der Waals surface area contributed by atoms with Crippen LogP contribution in [0, 0.1) is 0 Å². The molecule has 3 heteroatoms. The molecule has 0 fully saturated rings. The van der Waals surface area contributed by atoms with Crippen LogP contribution < -0.4 is 15.9 Å². The van der Waals surface area contributed by atoms with Gasteiger partial charge in [-0.1, -0.05) is 140 Å². The number of para-hydroxylation sites is 2. The summed E-state index contributed by atoms with van der Waals surface area (Å²) in [6, 6.07) is 55.0. The summed E-state index contributed by atoms with van der Waals surface area (Å²) < 4.78 is 18.3. The maximum Gasteiger partial charge on any atom is 0.172 e. The molecule has 202 valence electrons. The fourth-order valence-electron chi connectivity index (χ4n) is 7.18. The Morgan fingerprint density at radius 3 is 2.00 bits per heavy atom. The summed E-state index contributed by atoms with van der Waals surface area (Å²) in [5.74, 6) is 0. The van der Waals surface area contributed by atoms with Gasteiger partial charge in [0.1, 0.15) is 0 Å². The number of aromatic nitrogens is 1. The molecule has 2 heterocycles. The zero-order chi connectivity index (χ0) is 28.5. The van der Waals surface area contributed by atoms with Crippen LogP contribution in [0.2, 0.25) is 0 Å². The highest BCUT2D eigenvalue weighted by Crippen LogP contribution is 2.56. The molecule has 9 rings (SSSR count). The zero-order valence-electron chi connectivity index (χ0n) is 23.3. The smallest absolute Gasteiger partial charge is 0.172 e. The molecule has 0 spiro atoms. The minimum atomic E-state index is -3.19. The maximum absolute atomic E-state index is 15.9. The highest BCUT2D eigenvalue weighted by molar-refractivity contribution is 7.86. The second-order valence-corrected chi connectivity index (χ2v) is 13.9. The average Bonchev–Trinajstić information content (AvgIpc) is 3.56. The summed E-state index contributed by atoms with van der Waals surface area (Å²) >= 11 is 0. The molecule has 8 aromatic rings. The molecule has 43 heavy (non-hydrogen) atoms. The van der Waals surface area contributed by atoms with Gasteiger partial charge in [0.2, 0.25) is 0 Å². The van der Waals surface area contributed by atoms with Crippen molar-refractivity contribution < 1.29 is 4.57 Å². The summed E-state index contributed by atoms with van der Waals surface area (Å²) in [5.41, 5.74) is 7.81. The standard InChI is InChI=1S/C40H26NOP/c42-43(29-16-5-2-6-17-29)37-26-25-33-32-20-10-12-22-36(32)41(35-21-11-9-18-30(35)27-13-3-1-4-14-27)39(33)38(37)34-24-23-28-15-7-8-19-31(28)40(34)43/h1-26H. The summed E-state index contributed by atoms with van der Waals surface area (Å²) in [5, 5.41) is 7.26. The predicted octanol–water partition coefficient (Wildman–Crippen LogP) is 9.22. The van der Waals surface area contributed by atoms with E-state index < -0.39 is 7.14 Å². The minimum absolute atomic E-state index is 0.873. The summed E-state index contributed by atoms with van der Waals surface area (Å²) in [4.78, 5) is 0. The number of hydrogen-bond donors (Lipinski definition) is 0. The molecular formula is C40H26NOP. The van der Waals surface area contributed by atoms with Crippen LogP contribution in [0.25, 0.3) is 60.5 Å². The van der Waals surface area contributed by atoms with E-state index in [2.05, 4.69) is 132 Å². The van der Waals surface area contributed by atoms with Gasteiger partial charge in [-0.25, -0.2) is 0 Å². The van der Waals surface area contributed by atoms with Crippen molar-refractivity contribution in [3.05, 3.63) is 158 Å². The van der Waals surface area contributed by atoms with Crippen LogP contribution in [0.3, 0.4) is 0 Å². The molecule has 1 aliphatic heterocycles. The molecular weight excluding hydrogens is 541 g/mol. The van der Waals surface area contributed by atoms with E-state index in [0.717, 1.165) is 71.0 Å². The summed E-state index contributed by atoms with van der Waals surface area (Å²) in [6.45, 7) is 0. The maximum atomic E-state index is 15.9. The number of rotatable bonds is 3. The van der Waals surface area contributed by atoms with Crippen molar-refractivity contribution in [2.24, 2.45) is 0 Å². The highest BCUT2D eigenvalue weighted by atomic mass is 31.2. The Labute approximate surface area is 249 Å². The van der Waals surface area contributed by atoms with Crippen LogP contribution in [-0.2, 0) is 4.57 Å². The van der Waals surface area contributed by atoms with Gasteiger partial charge < -0.3 is 9.13 Å². The molecule has 0 amide bonds. The van der Waals surface area contributed by atoms with Gasteiger partial charge in [-0.15, -0.1) is 0 Å². The van der Waals surface area contributed by atoms with Gasteiger partial charge in [-0.2, -0.15) is 0 Å². The average molecular weight is 568 g/mol. The first kappa shape index (κ1) is 24.4. The van der Waals surface area contributed by atoms with Gasteiger partial charge in [0, 0.05) is 37.8 Å².